The summed E-state index contributed by atoms with van der Waals surface area (Å²) in [4.78, 5) is 26.0. The van der Waals surface area contributed by atoms with Crippen LogP contribution in [0.3, 0.4) is 0 Å². The van der Waals surface area contributed by atoms with Gasteiger partial charge in [-0.05, 0) is 18.4 Å². The fourth-order valence-electron chi connectivity index (χ4n) is 3.34. The molecule has 0 bridgehead atoms. The van der Waals surface area contributed by atoms with E-state index in [0.29, 0.717) is 18.9 Å². The van der Waals surface area contributed by atoms with Crippen LogP contribution in [0.1, 0.15) is 37.5 Å². The van der Waals surface area contributed by atoms with E-state index in [2.05, 4.69) is 10.4 Å². The summed E-state index contributed by atoms with van der Waals surface area (Å²) in [7, 11) is 1.52. The molecule has 0 radical (unpaired) electrons. The number of piperidine rings is 1. The summed E-state index contributed by atoms with van der Waals surface area (Å²) in [5, 5.41) is 7.31. The van der Waals surface area contributed by atoms with E-state index in [1.165, 1.54) is 7.11 Å². The summed E-state index contributed by atoms with van der Waals surface area (Å²) >= 11 is 0. The summed E-state index contributed by atoms with van der Waals surface area (Å²) in [6.45, 7) is 3.00. The van der Waals surface area contributed by atoms with Gasteiger partial charge in [0.25, 0.3) is 5.91 Å². The Labute approximate surface area is 152 Å². The van der Waals surface area contributed by atoms with Crippen molar-refractivity contribution in [3.05, 3.63) is 48.2 Å². The van der Waals surface area contributed by atoms with E-state index in [1.54, 1.807) is 19.2 Å². The van der Waals surface area contributed by atoms with Gasteiger partial charge in [0.1, 0.15) is 5.82 Å². The monoisotopic (exact) mass is 356 g/mol. The number of carbonyl (C=O) groups excluding carboxylic acids is 2. The van der Waals surface area contributed by atoms with Crippen molar-refractivity contribution in [2.45, 2.75) is 31.9 Å². The molecule has 2 amide bonds. The van der Waals surface area contributed by atoms with Gasteiger partial charge >= 0.3 is 0 Å². The van der Waals surface area contributed by atoms with Crippen LogP contribution >= 0.6 is 0 Å². The van der Waals surface area contributed by atoms with Crippen LogP contribution in [-0.2, 0) is 14.3 Å². The smallest absolute Gasteiger partial charge is 0.259 e. The molecule has 1 aliphatic heterocycles. The molecule has 1 atom stereocenters. The van der Waals surface area contributed by atoms with Crippen LogP contribution in [0.4, 0.5) is 5.82 Å². The SMILES string of the molecule is CO[C@H](C(=O)Nc1ccnn1C1CCN(C(C)=O)CC1)c1ccccc1. The van der Waals surface area contributed by atoms with Gasteiger partial charge in [-0.1, -0.05) is 30.3 Å². The van der Waals surface area contributed by atoms with Crippen LogP contribution in [0, 0.1) is 0 Å². The number of ether oxygens (including phenoxy) is 1. The van der Waals surface area contributed by atoms with Gasteiger partial charge in [0.15, 0.2) is 6.10 Å². The van der Waals surface area contributed by atoms with Gasteiger partial charge in [-0.2, -0.15) is 5.10 Å². The first-order valence-electron chi connectivity index (χ1n) is 8.77. The lowest BCUT2D eigenvalue weighted by Crippen LogP contribution is -2.38. The lowest BCUT2D eigenvalue weighted by Gasteiger charge is -2.32. The Hall–Kier alpha value is -2.67. The summed E-state index contributed by atoms with van der Waals surface area (Å²) in [6.07, 6.45) is 2.63. The molecule has 3 rings (SSSR count). The van der Waals surface area contributed by atoms with E-state index in [0.717, 1.165) is 18.4 Å². The van der Waals surface area contributed by atoms with Crippen molar-refractivity contribution >= 4 is 17.6 Å². The molecule has 2 heterocycles. The number of hydrogen-bond acceptors (Lipinski definition) is 4. The van der Waals surface area contributed by atoms with Gasteiger partial charge < -0.3 is 15.0 Å². The number of benzene rings is 1. The molecular formula is C19H24N4O3. The Bertz CT molecular complexity index is 751. The van der Waals surface area contributed by atoms with Gasteiger partial charge in [0, 0.05) is 33.2 Å². The topological polar surface area (TPSA) is 76.5 Å². The number of methoxy groups -OCH3 is 1. The second kappa shape index (κ2) is 8.14. The van der Waals surface area contributed by atoms with Crippen molar-refractivity contribution in [2.24, 2.45) is 0 Å². The summed E-state index contributed by atoms with van der Waals surface area (Å²) < 4.78 is 7.23. The highest BCUT2D eigenvalue weighted by Crippen LogP contribution is 2.26. The normalized spacial score (nSPS) is 16.3. The number of rotatable bonds is 5. The molecule has 1 fully saturated rings. The Morgan fingerprint density at radius 2 is 1.88 bits per heavy atom. The minimum Gasteiger partial charge on any atom is -0.367 e. The molecular weight excluding hydrogens is 332 g/mol. The van der Waals surface area contributed by atoms with Gasteiger partial charge in [-0.3, -0.25) is 9.59 Å². The zero-order chi connectivity index (χ0) is 18.5. The second-order valence-corrected chi connectivity index (χ2v) is 6.41. The summed E-state index contributed by atoms with van der Waals surface area (Å²) in [5.41, 5.74) is 0.799. The Kier molecular flexibility index (Phi) is 5.68. The molecule has 1 aliphatic rings. The fraction of sp³-hybridized carbons (Fsp3) is 0.421. The number of anilines is 1. The molecule has 7 nitrogen and oxygen atoms in total. The van der Waals surface area contributed by atoms with Crippen LogP contribution in [0.5, 0.6) is 0 Å². The Morgan fingerprint density at radius 3 is 2.50 bits per heavy atom. The van der Waals surface area contributed by atoms with Gasteiger partial charge in [-0.25, -0.2) is 4.68 Å². The molecule has 138 valence electrons. The van der Waals surface area contributed by atoms with Crippen molar-refractivity contribution < 1.29 is 14.3 Å². The lowest BCUT2D eigenvalue weighted by molar-refractivity contribution is -0.130. The molecule has 0 unspecified atom stereocenters. The van der Waals surface area contributed by atoms with E-state index in [1.807, 2.05) is 39.9 Å². The zero-order valence-corrected chi connectivity index (χ0v) is 15.1. The predicted octanol–water partition coefficient (Wildman–Crippen LogP) is 2.39. The number of aromatic nitrogens is 2. The molecule has 1 N–H and O–H groups in total. The third-order valence-corrected chi connectivity index (χ3v) is 4.75. The van der Waals surface area contributed by atoms with Crippen LogP contribution in [-0.4, -0.2) is 46.7 Å². The quantitative estimate of drug-likeness (QED) is 0.892. The number of nitrogens with zero attached hydrogens (tertiary/aromatic N) is 3. The Morgan fingerprint density at radius 1 is 1.19 bits per heavy atom. The molecule has 1 aromatic heterocycles. The van der Waals surface area contributed by atoms with Crippen LogP contribution in [0.15, 0.2) is 42.6 Å². The van der Waals surface area contributed by atoms with E-state index < -0.39 is 6.10 Å². The molecule has 1 saturated heterocycles. The highest BCUT2D eigenvalue weighted by atomic mass is 16.5. The van der Waals surface area contributed by atoms with Crippen LogP contribution < -0.4 is 5.32 Å². The number of amides is 2. The molecule has 2 aromatic rings. The Balaban J connectivity index is 1.69. The maximum Gasteiger partial charge on any atom is 0.259 e. The van der Waals surface area contributed by atoms with Gasteiger partial charge in [-0.15, -0.1) is 0 Å². The van der Waals surface area contributed by atoms with E-state index in [-0.39, 0.29) is 17.9 Å². The van der Waals surface area contributed by atoms with Gasteiger partial charge in [0.2, 0.25) is 5.91 Å². The van der Waals surface area contributed by atoms with Crippen molar-refractivity contribution in [3.63, 3.8) is 0 Å². The molecule has 7 heteroatoms. The standard InChI is InChI=1S/C19H24N4O3/c1-14(24)22-12-9-16(10-13-22)23-17(8-11-20-23)21-19(25)18(26-2)15-6-4-3-5-7-15/h3-8,11,16,18H,9-10,12-13H2,1-2H3,(H,21,25)/t18-/m0/s1. The van der Waals surface area contributed by atoms with Crippen molar-refractivity contribution in [3.8, 4) is 0 Å². The third kappa shape index (κ3) is 3.94. The van der Waals surface area contributed by atoms with E-state index in [4.69, 9.17) is 4.74 Å². The fourth-order valence-corrected chi connectivity index (χ4v) is 3.34. The first-order chi connectivity index (χ1) is 12.6. The van der Waals surface area contributed by atoms with Crippen molar-refractivity contribution in [1.82, 2.24) is 14.7 Å². The molecule has 0 aliphatic carbocycles. The maximum absolute atomic E-state index is 12.7. The predicted molar refractivity (Wildman–Crippen MR) is 97.6 cm³/mol. The first-order valence-corrected chi connectivity index (χ1v) is 8.77. The highest BCUT2D eigenvalue weighted by molar-refractivity contribution is 5.94. The maximum atomic E-state index is 12.7. The number of hydrogen-bond donors (Lipinski definition) is 1. The van der Waals surface area contributed by atoms with E-state index in [9.17, 15) is 9.59 Å². The zero-order valence-electron chi connectivity index (χ0n) is 15.1. The van der Waals surface area contributed by atoms with Crippen LogP contribution in [0.2, 0.25) is 0 Å². The largest absolute Gasteiger partial charge is 0.367 e. The average molecular weight is 356 g/mol. The molecule has 26 heavy (non-hydrogen) atoms. The number of carbonyl (C=O) groups is 2. The summed E-state index contributed by atoms with van der Waals surface area (Å²) in [6, 6.07) is 11.3. The average Bonchev–Trinajstić information content (AvgIpc) is 3.11. The second-order valence-electron chi connectivity index (χ2n) is 6.41. The minimum atomic E-state index is -0.681. The molecule has 1 aromatic carbocycles. The minimum absolute atomic E-state index is 0.100. The first kappa shape index (κ1) is 18.1. The molecule has 0 spiro atoms. The lowest BCUT2D eigenvalue weighted by atomic mass is 10.1. The summed E-state index contributed by atoms with van der Waals surface area (Å²) in [5.74, 6) is 0.513. The van der Waals surface area contributed by atoms with Gasteiger partial charge in [0.05, 0.1) is 12.2 Å². The molecule has 0 saturated carbocycles. The third-order valence-electron chi connectivity index (χ3n) is 4.75. The number of nitrogens with one attached hydrogen (secondary N) is 1. The van der Waals surface area contributed by atoms with Crippen LogP contribution in [0.25, 0.3) is 0 Å². The van der Waals surface area contributed by atoms with Crippen molar-refractivity contribution in [2.75, 3.05) is 25.5 Å². The van der Waals surface area contributed by atoms with E-state index >= 15 is 0 Å². The highest BCUT2D eigenvalue weighted by Gasteiger charge is 2.26. The van der Waals surface area contributed by atoms with Crippen molar-refractivity contribution in [1.29, 1.82) is 0 Å². The number of likely N-dealkylation sites (tertiary alicyclic amines) is 1.